The maximum Gasteiger partial charge on any atom is 0.163 e. The standard InChI is InChI=1S/C16H24N4/c1-13-6-4-8-16(10-13,20(2)3)12-19-14-7-5-9-18-15(14)11-17/h5,7,9,13,19H,4,6,8,10,12H2,1-3H3. The molecule has 0 saturated heterocycles. The Labute approximate surface area is 121 Å². The molecule has 20 heavy (non-hydrogen) atoms. The molecule has 4 heteroatoms. The van der Waals surface area contributed by atoms with Crippen molar-refractivity contribution in [2.45, 2.75) is 38.1 Å². The summed E-state index contributed by atoms with van der Waals surface area (Å²) in [6.07, 6.45) is 6.67. The monoisotopic (exact) mass is 272 g/mol. The highest BCUT2D eigenvalue weighted by molar-refractivity contribution is 5.53. The van der Waals surface area contributed by atoms with E-state index >= 15 is 0 Å². The van der Waals surface area contributed by atoms with E-state index in [-0.39, 0.29) is 5.54 Å². The van der Waals surface area contributed by atoms with Crippen molar-refractivity contribution < 1.29 is 0 Å². The summed E-state index contributed by atoms with van der Waals surface area (Å²) >= 11 is 0. The Morgan fingerprint density at radius 1 is 1.55 bits per heavy atom. The van der Waals surface area contributed by atoms with Gasteiger partial charge in [-0.25, -0.2) is 4.98 Å². The molecule has 0 spiro atoms. The lowest BCUT2D eigenvalue weighted by atomic mass is 9.75. The van der Waals surface area contributed by atoms with Crippen LogP contribution in [0.2, 0.25) is 0 Å². The summed E-state index contributed by atoms with van der Waals surface area (Å²) in [5.41, 5.74) is 1.50. The van der Waals surface area contributed by atoms with Crippen LogP contribution in [0.15, 0.2) is 18.3 Å². The van der Waals surface area contributed by atoms with E-state index in [1.165, 1.54) is 25.7 Å². The molecule has 1 N–H and O–H groups in total. The van der Waals surface area contributed by atoms with Crippen LogP contribution in [0.5, 0.6) is 0 Å². The number of pyridine rings is 1. The summed E-state index contributed by atoms with van der Waals surface area (Å²) in [5, 5.41) is 12.6. The lowest BCUT2D eigenvalue weighted by Gasteiger charge is -2.45. The van der Waals surface area contributed by atoms with E-state index in [1.807, 2.05) is 12.1 Å². The van der Waals surface area contributed by atoms with Gasteiger partial charge in [-0.2, -0.15) is 5.26 Å². The van der Waals surface area contributed by atoms with Crippen molar-refractivity contribution >= 4 is 5.69 Å². The summed E-state index contributed by atoms with van der Waals surface area (Å²) in [7, 11) is 4.32. The molecule has 2 rings (SSSR count). The van der Waals surface area contributed by atoms with Crippen molar-refractivity contribution in [1.82, 2.24) is 9.88 Å². The fourth-order valence-electron chi connectivity index (χ4n) is 3.25. The van der Waals surface area contributed by atoms with Crippen LogP contribution in [-0.2, 0) is 0 Å². The highest BCUT2D eigenvalue weighted by Crippen LogP contribution is 2.35. The van der Waals surface area contributed by atoms with Crippen molar-refractivity contribution in [3.63, 3.8) is 0 Å². The lowest BCUT2D eigenvalue weighted by Crippen LogP contribution is -2.52. The quantitative estimate of drug-likeness (QED) is 0.915. The van der Waals surface area contributed by atoms with Gasteiger partial charge in [0.2, 0.25) is 0 Å². The van der Waals surface area contributed by atoms with Crippen molar-refractivity contribution in [1.29, 1.82) is 5.26 Å². The SMILES string of the molecule is CC1CCCC(CNc2cccnc2C#N)(N(C)C)C1. The number of nitrogens with one attached hydrogen (secondary N) is 1. The number of nitrogens with zero attached hydrogens (tertiary/aromatic N) is 3. The molecule has 1 aliphatic rings. The predicted octanol–water partition coefficient (Wildman–Crippen LogP) is 2.88. The third-order valence-electron chi connectivity index (χ3n) is 4.54. The van der Waals surface area contributed by atoms with Gasteiger partial charge in [0.1, 0.15) is 6.07 Å². The molecular formula is C16H24N4. The van der Waals surface area contributed by atoms with Crippen LogP contribution in [0.3, 0.4) is 0 Å². The van der Waals surface area contributed by atoms with E-state index < -0.39 is 0 Å². The molecule has 4 nitrogen and oxygen atoms in total. The summed E-state index contributed by atoms with van der Waals surface area (Å²) in [6.45, 7) is 3.20. The van der Waals surface area contributed by atoms with Gasteiger partial charge in [0.15, 0.2) is 5.69 Å². The normalized spacial score (nSPS) is 26.2. The van der Waals surface area contributed by atoms with Gasteiger partial charge in [-0.3, -0.25) is 0 Å². The van der Waals surface area contributed by atoms with Gasteiger partial charge in [0, 0.05) is 18.3 Å². The van der Waals surface area contributed by atoms with E-state index in [1.54, 1.807) is 6.20 Å². The van der Waals surface area contributed by atoms with Gasteiger partial charge in [0.05, 0.1) is 5.69 Å². The fraction of sp³-hybridized carbons (Fsp3) is 0.625. The Morgan fingerprint density at radius 2 is 2.35 bits per heavy atom. The van der Waals surface area contributed by atoms with Gasteiger partial charge in [-0.05, 0) is 45.0 Å². The number of rotatable bonds is 4. The minimum absolute atomic E-state index is 0.181. The Balaban J connectivity index is 2.12. The minimum atomic E-state index is 0.181. The lowest BCUT2D eigenvalue weighted by molar-refractivity contribution is 0.0882. The molecule has 1 aliphatic carbocycles. The van der Waals surface area contributed by atoms with E-state index in [2.05, 4.69) is 42.3 Å². The molecule has 0 aromatic carbocycles. The van der Waals surface area contributed by atoms with E-state index in [0.29, 0.717) is 5.69 Å². The summed E-state index contributed by atoms with van der Waals surface area (Å²) in [4.78, 5) is 6.45. The molecule has 108 valence electrons. The first-order valence-electron chi connectivity index (χ1n) is 7.34. The fourth-order valence-corrected chi connectivity index (χ4v) is 3.25. The average molecular weight is 272 g/mol. The van der Waals surface area contributed by atoms with Crippen LogP contribution in [-0.4, -0.2) is 36.1 Å². The number of hydrogen-bond donors (Lipinski definition) is 1. The first-order chi connectivity index (χ1) is 9.57. The molecular weight excluding hydrogens is 248 g/mol. The van der Waals surface area contributed by atoms with Gasteiger partial charge in [0.25, 0.3) is 0 Å². The maximum atomic E-state index is 9.11. The molecule has 1 saturated carbocycles. The third kappa shape index (κ3) is 3.10. The molecule has 0 amide bonds. The molecule has 1 heterocycles. The molecule has 0 bridgehead atoms. The molecule has 1 fully saturated rings. The van der Waals surface area contributed by atoms with Crippen LogP contribution >= 0.6 is 0 Å². The smallest absolute Gasteiger partial charge is 0.163 e. The van der Waals surface area contributed by atoms with Crippen LogP contribution in [0.1, 0.15) is 38.3 Å². The molecule has 0 aliphatic heterocycles. The first kappa shape index (κ1) is 14.8. The largest absolute Gasteiger partial charge is 0.381 e. The van der Waals surface area contributed by atoms with Crippen LogP contribution in [0.4, 0.5) is 5.69 Å². The number of hydrogen-bond acceptors (Lipinski definition) is 4. The topological polar surface area (TPSA) is 52.0 Å². The summed E-state index contributed by atoms with van der Waals surface area (Å²) in [5.74, 6) is 0.761. The zero-order valence-electron chi connectivity index (χ0n) is 12.7. The Kier molecular flexibility index (Phi) is 4.61. The second-order valence-corrected chi connectivity index (χ2v) is 6.19. The van der Waals surface area contributed by atoms with Gasteiger partial charge in [-0.1, -0.05) is 19.8 Å². The van der Waals surface area contributed by atoms with Crippen molar-refractivity contribution in [2.24, 2.45) is 5.92 Å². The van der Waals surface area contributed by atoms with Gasteiger partial charge < -0.3 is 10.2 Å². The predicted molar refractivity (Wildman–Crippen MR) is 81.5 cm³/mol. The zero-order valence-corrected chi connectivity index (χ0v) is 12.7. The van der Waals surface area contributed by atoms with Crippen LogP contribution in [0.25, 0.3) is 0 Å². The van der Waals surface area contributed by atoms with Gasteiger partial charge in [-0.15, -0.1) is 0 Å². The van der Waals surface area contributed by atoms with Crippen molar-refractivity contribution in [3.8, 4) is 6.07 Å². The highest BCUT2D eigenvalue weighted by Gasteiger charge is 2.36. The van der Waals surface area contributed by atoms with E-state index in [4.69, 9.17) is 5.26 Å². The summed E-state index contributed by atoms with van der Waals surface area (Å²) < 4.78 is 0. The number of likely N-dealkylation sites (N-methyl/N-ethyl adjacent to an activating group) is 1. The zero-order chi connectivity index (χ0) is 14.6. The molecule has 1 aromatic rings. The maximum absolute atomic E-state index is 9.11. The second kappa shape index (κ2) is 6.23. The van der Waals surface area contributed by atoms with Gasteiger partial charge >= 0.3 is 0 Å². The van der Waals surface area contributed by atoms with E-state index in [0.717, 1.165) is 18.2 Å². The Morgan fingerprint density at radius 3 is 3.00 bits per heavy atom. The van der Waals surface area contributed by atoms with E-state index in [9.17, 15) is 0 Å². The second-order valence-electron chi connectivity index (χ2n) is 6.19. The average Bonchev–Trinajstić information content (AvgIpc) is 2.45. The highest BCUT2D eigenvalue weighted by atomic mass is 15.2. The van der Waals surface area contributed by atoms with Crippen LogP contribution in [0, 0.1) is 17.2 Å². The van der Waals surface area contributed by atoms with Crippen molar-refractivity contribution in [2.75, 3.05) is 26.0 Å². The Hall–Kier alpha value is -1.60. The third-order valence-corrected chi connectivity index (χ3v) is 4.54. The number of anilines is 1. The first-order valence-corrected chi connectivity index (χ1v) is 7.34. The summed E-state index contributed by atoms with van der Waals surface area (Å²) in [6, 6.07) is 5.95. The molecule has 1 aromatic heterocycles. The van der Waals surface area contributed by atoms with Crippen LogP contribution < -0.4 is 5.32 Å². The number of aromatic nitrogens is 1. The molecule has 0 radical (unpaired) electrons. The molecule has 2 atom stereocenters. The molecule has 2 unspecified atom stereocenters. The van der Waals surface area contributed by atoms with Crippen molar-refractivity contribution in [3.05, 3.63) is 24.0 Å². The Bertz CT molecular complexity index is 491. The minimum Gasteiger partial charge on any atom is -0.381 e. The number of nitriles is 1.